The third-order valence-electron chi connectivity index (χ3n) is 4.52. The summed E-state index contributed by atoms with van der Waals surface area (Å²) < 4.78 is 0. The van der Waals surface area contributed by atoms with Gasteiger partial charge in [0.25, 0.3) is 0 Å². The number of hydrogen-bond acceptors (Lipinski definition) is 3. The maximum Gasteiger partial charge on any atom is 0.307 e. The molecule has 0 radical (unpaired) electrons. The third-order valence-corrected chi connectivity index (χ3v) is 4.52. The van der Waals surface area contributed by atoms with Crippen LogP contribution < -0.4 is 10.6 Å². The molecule has 1 aromatic rings. The number of hydrogen-bond donors (Lipinski definition) is 3. The number of carbonyl (C=O) groups excluding carboxylic acids is 2. The SMILES string of the molecule is CC(=O)Nc1ccc(NC(=O)[C@H]2[C@@H](C(=O)O)[C@H]3C=C[C@@H]2C3)cc1. The maximum atomic E-state index is 12.5. The molecular formula is C17H18N2O4. The molecular weight excluding hydrogens is 296 g/mol. The molecule has 1 saturated carbocycles. The zero-order valence-corrected chi connectivity index (χ0v) is 12.7. The van der Waals surface area contributed by atoms with E-state index in [1.807, 2.05) is 12.2 Å². The summed E-state index contributed by atoms with van der Waals surface area (Å²) in [5, 5.41) is 14.8. The number of carbonyl (C=O) groups is 3. The molecule has 23 heavy (non-hydrogen) atoms. The summed E-state index contributed by atoms with van der Waals surface area (Å²) in [6.07, 6.45) is 4.60. The predicted molar refractivity (Wildman–Crippen MR) is 84.7 cm³/mol. The Balaban J connectivity index is 1.70. The van der Waals surface area contributed by atoms with E-state index in [0.717, 1.165) is 6.42 Å². The Kier molecular flexibility index (Phi) is 3.90. The molecule has 2 aliphatic carbocycles. The second kappa shape index (κ2) is 5.87. The summed E-state index contributed by atoms with van der Waals surface area (Å²) in [6.45, 7) is 1.42. The molecule has 6 heteroatoms. The van der Waals surface area contributed by atoms with Crippen LogP contribution in [0.1, 0.15) is 13.3 Å². The number of aliphatic carboxylic acids is 1. The highest BCUT2D eigenvalue weighted by atomic mass is 16.4. The minimum atomic E-state index is -0.914. The second-order valence-electron chi connectivity index (χ2n) is 6.09. The summed E-state index contributed by atoms with van der Waals surface area (Å²) >= 11 is 0. The van der Waals surface area contributed by atoms with Crippen molar-refractivity contribution in [2.24, 2.45) is 23.7 Å². The van der Waals surface area contributed by atoms with E-state index < -0.39 is 17.8 Å². The average molecular weight is 314 g/mol. The summed E-state index contributed by atoms with van der Waals surface area (Å²) in [4.78, 5) is 34.9. The predicted octanol–water partition coefficient (Wildman–Crippen LogP) is 2.11. The van der Waals surface area contributed by atoms with Gasteiger partial charge in [-0.05, 0) is 42.5 Å². The number of nitrogens with one attached hydrogen (secondary N) is 2. The van der Waals surface area contributed by atoms with Crippen molar-refractivity contribution in [1.82, 2.24) is 0 Å². The van der Waals surface area contributed by atoms with Crippen LogP contribution in [0.15, 0.2) is 36.4 Å². The number of benzene rings is 1. The normalized spacial score (nSPS) is 27.7. The van der Waals surface area contributed by atoms with Gasteiger partial charge in [0.05, 0.1) is 11.8 Å². The Bertz CT molecular complexity index is 680. The standard InChI is InChI=1S/C17H18N2O4/c1-9(20)18-12-4-6-13(7-5-12)19-16(21)14-10-2-3-11(8-10)15(14)17(22)23/h2-7,10-11,14-15H,8H2,1H3,(H,18,20)(H,19,21)(H,22,23)/t10-,11+,14-,15+/m1/s1. The fourth-order valence-corrected chi connectivity index (χ4v) is 3.58. The van der Waals surface area contributed by atoms with Crippen LogP contribution in [-0.2, 0) is 14.4 Å². The molecule has 0 heterocycles. The summed E-state index contributed by atoms with van der Waals surface area (Å²) in [7, 11) is 0. The first kappa shape index (κ1) is 15.3. The number of anilines is 2. The first-order valence-corrected chi connectivity index (χ1v) is 7.55. The molecule has 6 nitrogen and oxygen atoms in total. The van der Waals surface area contributed by atoms with Crippen molar-refractivity contribution in [2.75, 3.05) is 10.6 Å². The lowest BCUT2D eigenvalue weighted by Crippen LogP contribution is -2.36. The minimum Gasteiger partial charge on any atom is -0.481 e. The molecule has 2 amide bonds. The van der Waals surface area contributed by atoms with E-state index >= 15 is 0 Å². The molecule has 4 atom stereocenters. The zero-order chi connectivity index (χ0) is 16.6. The number of fused-ring (bicyclic) bond motifs is 2. The molecule has 0 unspecified atom stereocenters. The van der Waals surface area contributed by atoms with E-state index in [9.17, 15) is 19.5 Å². The fraction of sp³-hybridized carbons (Fsp3) is 0.353. The zero-order valence-electron chi connectivity index (χ0n) is 12.7. The van der Waals surface area contributed by atoms with Gasteiger partial charge in [-0.1, -0.05) is 12.2 Å². The van der Waals surface area contributed by atoms with Gasteiger partial charge in [0.15, 0.2) is 0 Å². The number of carboxylic acid groups (broad SMARTS) is 1. The highest BCUT2D eigenvalue weighted by molar-refractivity contribution is 5.96. The first-order valence-electron chi connectivity index (χ1n) is 7.55. The van der Waals surface area contributed by atoms with Gasteiger partial charge in [0.2, 0.25) is 11.8 Å². The van der Waals surface area contributed by atoms with Crippen molar-refractivity contribution in [3.8, 4) is 0 Å². The van der Waals surface area contributed by atoms with Crippen molar-refractivity contribution in [1.29, 1.82) is 0 Å². The minimum absolute atomic E-state index is 0.000229. The first-order chi connectivity index (χ1) is 11.0. The molecule has 3 N–H and O–H groups in total. The molecule has 3 rings (SSSR count). The molecule has 2 bridgehead atoms. The van der Waals surface area contributed by atoms with Crippen molar-refractivity contribution in [2.45, 2.75) is 13.3 Å². The largest absolute Gasteiger partial charge is 0.481 e. The van der Waals surface area contributed by atoms with E-state index in [0.29, 0.717) is 11.4 Å². The maximum absolute atomic E-state index is 12.5. The highest BCUT2D eigenvalue weighted by Gasteiger charge is 2.51. The summed E-state index contributed by atoms with van der Waals surface area (Å²) in [5.74, 6) is -2.57. The molecule has 0 aromatic heterocycles. The second-order valence-corrected chi connectivity index (χ2v) is 6.09. The Labute approximate surface area is 133 Å². The van der Waals surface area contributed by atoms with Gasteiger partial charge < -0.3 is 15.7 Å². The lowest BCUT2D eigenvalue weighted by atomic mass is 9.82. The Morgan fingerprint density at radius 1 is 0.957 bits per heavy atom. The molecule has 0 aliphatic heterocycles. The van der Waals surface area contributed by atoms with Crippen LogP contribution >= 0.6 is 0 Å². The van der Waals surface area contributed by atoms with Crippen molar-refractivity contribution in [3.63, 3.8) is 0 Å². The van der Waals surface area contributed by atoms with Gasteiger partial charge in [-0.2, -0.15) is 0 Å². The van der Waals surface area contributed by atoms with Crippen LogP contribution in [0.2, 0.25) is 0 Å². The highest BCUT2D eigenvalue weighted by Crippen LogP contribution is 2.48. The van der Waals surface area contributed by atoms with Gasteiger partial charge in [0, 0.05) is 18.3 Å². The topological polar surface area (TPSA) is 95.5 Å². The van der Waals surface area contributed by atoms with Gasteiger partial charge in [0.1, 0.15) is 0 Å². The summed E-state index contributed by atoms with van der Waals surface area (Å²) in [5.41, 5.74) is 1.22. The molecule has 120 valence electrons. The lowest BCUT2D eigenvalue weighted by Gasteiger charge is -2.23. The van der Waals surface area contributed by atoms with Crippen LogP contribution in [0.3, 0.4) is 0 Å². The number of carboxylic acids is 1. The van der Waals surface area contributed by atoms with Crippen LogP contribution in [0.5, 0.6) is 0 Å². The van der Waals surface area contributed by atoms with Crippen molar-refractivity contribution >= 4 is 29.2 Å². The Hall–Kier alpha value is -2.63. The Morgan fingerprint density at radius 3 is 2.00 bits per heavy atom. The van der Waals surface area contributed by atoms with Crippen molar-refractivity contribution < 1.29 is 19.5 Å². The smallest absolute Gasteiger partial charge is 0.307 e. The number of amides is 2. The van der Waals surface area contributed by atoms with Crippen LogP contribution in [0.4, 0.5) is 11.4 Å². The Morgan fingerprint density at radius 2 is 1.48 bits per heavy atom. The van der Waals surface area contributed by atoms with Gasteiger partial charge in [-0.15, -0.1) is 0 Å². The average Bonchev–Trinajstić information content (AvgIpc) is 3.09. The number of allylic oxidation sites excluding steroid dienone is 2. The van der Waals surface area contributed by atoms with Crippen LogP contribution in [0.25, 0.3) is 0 Å². The molecule has 0 saturated heterocycles. The molecule has 0 spiro atoms. The monoisotopic (exact) mass is 314 g/mol. The molecule has 1 fully saturated rings. The van der Waals surface area contributed by atoms with E-state index in [2.05, 4.69) is 10.6 Å². The lowest BCUT2D eigenvalue weighted by molar-refractivity contribution is -0.146. The quantitative estimate of drug-likeness (QED) is 0.742. The molecule has 1 aromatic carbocycles. The summed E-state index contributed by atoms with van der Waals surface area (Å²) in [6, 6.07) is 6.74. The number of rotatable bonds is 4. The van der Waals surface area contributed by atoms with E-state index in [4.69, 9.17) is 0 Å². The van der Waals surface area contributed by atoms with Gasteiger partial charge >= 0.3 is 5.97 Å². The van der Waals surface area contributed by atoms with Crippen LogP contribution in [-0.4, -0.2) is 22.9 Å². The molecule has 2 aliphatic rings. The van der Waals surface area contributed by atoms with E-state index in [1.54, 1.807) is 24.3 Å². The van der Waals surface area contributed by atoms with Gasteiger partial charge in [-0.25, -0.2) is 0 Å². The fourth-order valence-electron chi connectivity index (χ4n) is 3.58. The van der Waals surface area contributed by atoms with E-state index in [1.165, 1.54) is 6.92 Å². The van der Waals surface area contributed by atoms with E-state index in [-0.39, 0.29) is 23.7 Å². The van der Waals surface area contributed by atoms with Crippen molar-refractivity contribution in [3.05, 3.63) is 36.4 Å². The van der Waals surface area contributed by atoms with Gasteiger partial charge in [-0.3, -0.25) is 14.4 Å². The third kappa shape index (κ3) is 2.97. The van der Waals surface area contributed by atoms with Crippen LogP contribution in [0, 0.1) is 23.7 Å².